The van der Waals surface area contributed by atoms with Gasteiger partial charge in [0.1, 0.15) is 12.3 Å². The van der Waals surface area contributed by atoms with Gasteiger partial charge in [-0.1, -0.05) is 0 Å². The highest BCUT2D eigenvalue weighted by Crippen LogP contribution is 2.38. The number of Topliss-reactive ketones (excluding diaryl/α,β-unsaturated/α-hetero) is 1. The van der Waals surface area contributed by atoms with Gasteiger partial charge in [-0.3, -0.25) is 29.4 Å². The summed E-state index contributed by atoms with van der Waals surface area (Å²) in [7, 11) is 4.02. The number of carbonyl (C=O) groups is 7. The van der Waals surface area contributed by atoms with E-state index in [9.17, 15) is 33.6 Å². The lowest BCUT2D eigenvalue weighted by molar-refractivity contribution is -0.155. The van der Waals surface area contributed by atoms with Gasteiger partial charge in [0, 0.05) is 18.5 Å². The van der Waals surface area contributed by atoms with Crippen molar-refractivity contribution in [2.24, 2.45) is 0 Å². The number of benzene rings is 1. The van der Waals surface area contributed by atoms with Gasteiger partial charge >= 0.3 is 17.9 Å². The van der Waals surface area contributed by atoms with E-state index in [0.717, 1.165) is 15.0 Å². The van der Waals surface area contributed by atoms with Gasteiger partial charge in [0.25, 0.3) is 5.78 Å². The van der Waals surface area contributed by atoms with Gasteiger partial charge in [0.2, 0.25) is 17.6 Å². The summed E-state index contributed by atoms with van der Waals surface area (Å²) in [6.45, 7) is -0.198. The molecule has 216 valence electrons. The topological polar surface area (TPSA) is 201 Å². The molecule has 0 spiro atoms. The van der Waals surface area contributed by atoms with Crippen molar-refractivity contribution >= 4 is 41.8 Å². The van der Waals surface area contributed by atoms with Crippen LogP contribution in [0.25, 0.3) is 0 Å². The Morgan fingerprint density at radius 1 is 1.07 bits per heavy atom. The fourth-order valence-corrected chi connectivity index (χ4v) is 4.33. The quantitative estimate of drug-likeness (QED) is 0.171. The van der Waals surface area contributed by atoms with Crippen molar-refractivity contribution in [3.63, 3.8) is 0 Å². The van der Waals surface area contributed by atoms with Crippen LogP contribution in [0.1, 0.15) is 36.0 Å². The smallest absolute Gasteiger partial charge is 0.358 e. The molecule has 0 aromatic heterocycles. The molecule has 5 amide bonds. The third kappa shape index (κ3) is 6.22. The molecule has 1 aromatic rings. The summed E-state index contributed by atoms with van der Waals surface area (Å²) < 4.78 is 15.6. The summed E-state index contributed by atoms with van der Waals surface area (Å²) in [6, 6.07) is -1.11. The van der Waals surface area contributed by atoms with E-state index in [0.29, 0.717) is 6.42 Å². The maximum absolute atomic E-state index is 13.5. The Labute approximate surface area is 228 Å². The van der Waals surface area contributed by atoms with E-state index in [-0.39, 0.29) is 55.0 Å². The lowest BCUT2D eigenvalue weighted by Gasteiger charge is -2.42. The number of nitrogens with zero attached hydrogens (tertiary/aromatic N) is 3. The predicted octanol–water partition coefficient (Wildman–Crippen LogP) is -0.882. The number of carboxylic acid groups (broad SMARTS) is 1. The molecule has 0 bridgehead atoms. The van der Waals surface area contributed by atoms with Crippen LogP contribution in [0.4, 0.5) is 4.79 Å². The van der Waals surface area contributed by atoms with Crippen LogP contribution in [0, 0.1) is 0 Å². The van der Waals surface area contributed by atoms with Crippen LogP contribution >= 0.6 is 0 Å². The van der Waals surface area contributed by atoms with Crippen LogP contribution in [0.15, 0.2) is 12.1 Å². The molecular weight excluding hydrogens is 534 g/mol. The summed E-state index contributed by atoms with van der Waals surface area (Å²) >= 11 is 0. The second-order valence-corrected chi connectivity index (χ2v) is 8.74. The number of ether oxygens (including phenoxy) is 3. The molecule has 0 radical (unpaired) electrons. The first-order valence-electron chi connectivity index (χ1n) is 12.1. The number of urea groups is 1. The highest BCUT2D eigenvalue weighted by atomic mass is 16.5. The van der Waals surface area contributed by atoms with Gasteiger partial charge in [-0.05, 0) is 25.0 Å². The number of hydrazine groups is 2. The first kappa shape index (κ1) is 29.7. The molecule has 2 aliphatic rings. The second-order valence-electron chi connectivity index (χ2n) is 8.74. The Bertz CT molecular complexity index is 1190. The first-order valence-corrected chi connectivity index (χ1v) is 12.1. The summed E-state index contributed by atoms with van der Waals surface area (Å²) in [4.78, 5) is 87.4. The molecule has 40 heavy (non-hydrogen) atoms. The molecule has 2 atom stereocenters. The average Bonchev–Trinajstić information content (AvgIpc) is 3.07. The van der Waals surface area contributed by atoms with E-state index in [2.05, 4.69) is 10.7 Å². The SMILES string of the molecule is COc1cc(C(=O)C(=O)NN2CCC(=O)N3CCC[C@@H](C(=O)N[C@H](C=O)CC(=O)O)N3C2=O)cc(OC)c1OC. The van der Waals surface area contributed by atoms with Crippen LogP contribution in [0.2, 0.25) is 0 Å². The molecular formula is C24H29N5O11. The Balaban J connectivity index is 1.84. The molecule has 2 aliphatic heterocycles. The van der Waals surface area contributed by atoms with Crippen LogP contribution in [-0.4, -0.2) is 108 Å². The number of carbonyl (C=O) groups excluding carboxylic acids is 6. The largest absolute Gasteiger partial charge is 0.493 e. The average molecular weight is 564 g/mol. The number of nitrogens with one attached hydrogen (secondary N) is 2. The zero-order chi connectivity index (χ0) is 29.6. The second kappa shape index (κ2) is 12.8. The third-order valence-corrected chi connectivity index (χ3v) is 6.23. The Kier molecular flexibility index (Phi) is 9.47. The number of ketones is 1. The van der Waals surface area contributed by atoms with Crippen molar-refractivity contribution in [2.45, 2.75) is 37.8 Å². The minimum absolute atomic E-state index is 0.0894. The number of carboxylic acids is 1. The number of hydrogen-bond donors (Lipinski definition) is 3. The Morgan fingerprint density at radius 2 is 1.73 bits per heavy atom. The van der Waals surface area contributed by atoms with E-state index >= 15 is 0 Å². The molecule has 16 nitrogen and oxygen atoms in total. The van der Waals surface area contributed by atoms with Crippen LogP contribution in [0.3, 0.4) is 0 Å². The highest BCUT2D eigenvalue weighted by molar-refractivity contribution is 6.43. The summed E-state index contributed by atoms with van der Waals surface area (Å²) in [5.41, 5.74) is 2.06. The van der Waals surface area contributed by atoms with Crippen molar-refractivity contribution in [3.05, 3.63) is 17.7 Å². The maximum Gasteiger partial charge on any atom is 0.358 e. The normalized spacial score (nSPS) is 17.7. The van der Waals surface area contributed by atoms with Crippen molar-refractivity contribution < 1.29 is 52.9 Å². The fourth-order valence-electron chi connectivity index (χ4n) is 4.33. The molecule has 0 aliphatic carbocycles. The Morgan fingerprint density at radius 3 is 2.27 bits per heavy atom. The molecule has 2 saturated heterocycles. The van der Waals surface area contributed by atoms with Gasteiger partial charge in [0.05, 0.1) is 40.3 Å². The maximum atomic E-state index is 13.5. The zero-order valence-electron chi connectivity index (χ0n) is 22.0. The molecule has 2 fully saturated rings. The van der Waals surface area contributed by atoms with Gasteiger partial charge < -0.3 is 29.4 Å². The van der Waals surface area contributed by atoms with Gasteiger partial charge in [-0.25, -0.2) is 19.8 Å². The molecule has 1 aromatic carbocycles. The zero-order valence-corrected chi connectivity index (χ0v) is 22.0. The van der Waals surface area contributed by atoms with E-state index in [1.165, 1.54) is 33.5 Å². The third-order valence-electron chi connectivity index (χ3n) is 6.23. The number of rotatable bonds is 11. The fraction of sp³-hybridized carbons (Fsp3) is 0.458. The number of amides is 5. The number of aliphatic carboxylic acids is 1. The van der Waals surface area contributed by atoms with Crippen molar-refractivity contribution in [3.8, 4) is 17.2 Å². The van der Waals surface area contributed by atoms with Crippen molar-refractivity contribution in [1.82, 2.24) is 25.8 Å². The van der Waals surface area contributed by atoms with Gasteiger partial charge in [-0.15, -0.1) is 0 Å². The number of fused-ring (bicyclic) bond motifs is 1. The van der Waals surface area contributed by atoms with Gasteiger partial charge in [0.15, 0.2) is 11.5 Å². The lowest BCUT2D eigenvalue weighted by Crippen LogP contribution is -2.65. The van der Waals surface area contributed by atoms with Crippen LogP contribution in [-0.2, 0) is 24.0 Å². The Hall–Kier alpha value is -4.89. The molecule has 2 heterocycles. The molecule has 0 saturated carbocycles. The lowest BCUT2D eigenvalue weighted by atomic mass is 10.1. The van der Waals surface area contributed by atoms with Crippen molar-refractivity contribution in [2.75, 3.05) is 34.4 Å². The van der Waals surface area contributed by atoms with Crippen LogP contribution in [0.5, 0.6) is 17.2 Å². The molecule has 3 N–H and O–H groups in total. The van der Waals surface area contributed by atoms with E-state index in [1.807, 2.05) is 0 Å². The molecule has 3 rings (SSSR count). The van der Waals surface area contributed by atoms with E-state index in [1.54, 1.807) is 0 Å². The standard InChI is InChI=1S/C24H29N5O11/c1-38-16-9-13(10-17(39-2)21(16)40-3)20(34)23(36)26-27-8-6-18(31)28-7-4-5-15(29(28)24(27)37)22(35)25-14(12-30)11-19(32)33/h9-10,12,14-15H,4-8,11H2,1-3H3,(H,25,35)(H,26,36)(H,32,33)/t14-,15-/m0/s1. The molecule has 16 heteroatoms. The summed E-state index contributed by atoms with van der Waals surface area (Å²) in [5.74, 6) is -4.56. The highest BCUT2D eigenvalue weighted by Gasteiger charge is 2.44. The minimum atomic E-state index is -1.36. The van der Waals surface area contributed by atoms with Gasteiger partial charge in [-0.2, -0.15) is 0 Å². The first-order chi connectivity index (χ1) is 19.1. The predicted molar refractivity (Wildman–Crippen MR) is 132 cm³/mol. The number of aldehydes is 1. The van der Waals surface area contributed by atoms with E-state index in [4.69, 9.17) is 19.3 Å². The summed E-state index contributed by atoms with van der Waals surface area (Å²) in [5, 5.41) is 13.9. The van der Waals surface area contributed by atoms with Crippen molar-refractivity contribution in [1.29, 1.82) is 0 Å². The van der Waals surface area contributed by atoms with E-state index < -0.39 is 54.0 Å². The summed E-state index contributed by atoms with van der Waals surface area (Å²) in [6.07, 6.45) is -0.227. The number of methoxy groups -OCH3 is 3. The number of hydrogen-bond acceptors (Lipinski definition) is 10. The monoisotopic (exact) mass is 563 g/mol. The van der Waals surface area contributed by atoms with Crippen LogP contribution < -0.4 is 25.0 Å². The molecule has 0 unspecified atom stereocenters. The minimum Gasteiger partial charge on any atom is -0.493 e.